The van der Waals surface area contributed by atoms with Gasteiger partial charge in [0.05, 0.1) is 27.4 Å². The molecule has 21 heavy (non-hydrogen) atoms. The number of rotatable bonds is 3. The Balaban J connectivity index is 1.87. The van der Waals surface area contributed by atoms with Crippen LogP contribution in [0.25, 0.3) is 0 Å². The van der Waals surface area contributed by atoms with Crippen molar-refractivity contribution in [2.24, 2.45) is 0 Å². The Morgan fingerprint density at radius 2 is 1.95 bits per heavy atom. The summed E-state index contributed by atoms with van der Waals surface area (Å²) >= 11 is 17.7. The molecule has 8 heteroatoms. The molecule has 0 aromatic heterocycles. The summed E-state index contributed by atoms with van der Waals surface area (Å²) < 4.78 is 11.0. The van der Waals surface area contributed by atoms with E-state index in [-0.39, 0.29) is 6.10 Å². The van der Waals surface area contributed by atoms with Crippen LogP contribution in [-0.4, -0.2) is 31.1 Å². The molecule has 0 radical (unpaired) electrons. The summed E-state index contributed by atoms with van der Waals surface area (Å²) in [7, 11) is 0. The van der Waals surface area contributed by atoms with Crippen LogP contribution in [0.1, 0.15) is 13.8 Å². The molecule has 0 saturated carbocycles. The molecule has 1 aromatic carbocycles. The molecule has 5 nitrogen and oxygen atoms in total. The lowest BCUT2D eigenvalue weighted by Crippen LogP contribution is -2.37. The van der Waals surface area contributed by atoms with Gasteiger partial charge in [-0.05, 0) is 26.0 Å². The molecule has 2 amide bonds. The van der Waals surface area contributed by atoms with E-state index < -0.39 is 11.8 Å². The van der Waals surface area contributed by atoms with E-state index in [2.05, 4.69) is 10.6 Å². The fourth-order valence-corrected chi connectivity index (χ4v) is 2.45. The molecule has 1 heterocycles. The number of carbonyl (C=O) groups excluding carboxylic acids is 1. The standard InChI is InChI=1S/C13H15Cl3N2O3/c1-13(2)20-6-7(21-13)5-17-12(19)18-11-4-9(15)8(14)3-10(11)16/h3-4,7H,5-6H2,1-2H3,(H2,17,18,19). The van der Waals surface area contributed by atoms with Gasteiger partial charge in [0.15, 0.2) is 5.79 Å². The molecular weight excluding hydrogens is 339 g/mol. The van der Waals surface area contributed by atoms with E-state index in [1.54, 1.807) is 0 Å². The van der Waals surface area contributed by atoms with Crippen LogP contribution in [0.5, 0.6) is 0 Å². The average Bonchev–Trinajstić information content (AvgIpc) is 2.73. The summed E-state index contributed by atoms with van der Waals surface area (Å²) in [5, 5.41) is 6.23. The van der Waals surface area contributed by atoms with Gasteiger partial charge in [-0.15, -0.1) is 0 Å². The minimum absolute atomic E-state index is 0.185. The smallest absolute Gasteiger partial charge is 0.319 e. The lowest BCUT2D eigenvalue weighted by molar-refractivity contribution is -0.137. The number of hydrogen-bond acceptors (Lipinski definition) is 3. The van der Waals surface area contributed by atoms with Crippen LogP contribution in [0.15, 0.2) is 12.1 Å². The molecule has 1 fully saturated rings. The summed E-state index contributed by atoms with van der Waals surface area (Å²) in [4.78, 5) is 11.8. The van der Waals surface area contributed by atoms with E-state index in [1.807, 2.05) is 13.8 Å². The van der Waals surface area contributed by atoms with Crippen molar-refractivity contribution in [1.82, 2.24) is 5.32 Å². The van der Waals surface area contributed by atoms with Gasteiger partial charge in [0.25, 0.3) is 0 Å². The monoisotopic (exact) mass is 352 g/mol. The molecule has 1 unspecified atom stereocenters. The van der Waals surface area contributed by atoms with E-state index >= 15 is 0 Å². The first-order valence-corrected chi connectivity index (χ1v) is 7.41. The number of halogens is 3. The van der Waals surface area contributed by atoms with Gasteiger partial charge in [-0.1, -0.05) is 34.8 Å². The quantitative estimate of drug-likeness (QED) is 0.810. The van der Waals surface area contributed by atoms with Crippen molar-refractivity contribution in [3.63, 3.8) is 0 Å². The van der Waals surface area contributed by atoms with E-state index in [9.17, 15) is 4.79 Å². The summed E-state index contributed by atoms with van der Waals surface area (Å²) in [6, 6.07) is 2.55. The second-order valence-corrected chi connectivity index (χ2v) is 6.25. The number of hydrogen-bond donors (Lipinski definition) is 2. The minimum atomic E-state index is -0.615. The zero-order valence-electron chi connectivity index (χ0n) is 11.5. The first-order valence-electron chi connectivity index (χ1n) is 6.28. The minimum Gasteiger partial charge on any atom is -0.348 e. The highest BCUT2D eigenvalue weighted by Crippen LogP contribution is 2.32. The van der Waals surface area contributed by atoms with E-state index in [1.165, 1.54) is 12.1 Å². The maximum Gasteiger partial charge on any atom is 0.319 e. The van der Waals surface area contributed by atoms with Crippen molar-refractivity contribution in [2.75, 3.05) is 18.5 Å². The third-order valence-electron chi connectivity index (χ3n) is 2.82. The Morgan fingerprint density at radius 1 is 1.29 bits per heavy atom. The SMILES string of the molecule is CC1(C)OCC(CNC(=O)Nc2cc(Cl)c(Cl)cc2Cl)O1. The molecular formula is C13H15Cl3N2O3. The second-order valence-electron chi connectivity index (χ2n) is 5.03. The van der Waals surface area contributed by atoms with E-state index in [0.717, 1.165) is 0 Å². The van der Waals surface area contributed by atoms with Gasteiger partial charge in [0, 0.05) is 6.54 Å². The number of benzene rings is 1. The van der Waals surface area contributed by atoms with Crippen molar-refractivity contribution in [3.8, 4) is 0 Å². The summed E-state index contributed by atoms with van der Waals surface area (Å²) in [5.74, 6) is -0.615. The second kappa shape index (κ2) is 6.58. The maximum absolute atomic E-state index is 11.8. The predicted octanol–water partition coefficient (Wildman–Crippen LogP) is 3.92. The van der Waals surface area contributed by atoms with Gasteiger partial charge in [0.1, 0.15) is 6.10 Å². The molecule has 1 aromatic rings. The van der Waals surface area contributed by atoms with Crippen LogP contribution in [0.3, 0.4) is 0 Å². The number of amides is 2. The molecule has 2 N–H and O–H groups in total. The molecule has 0 aliphatic carbocycles. The first-order chi connectivity index (χ1) is 9.77. The Kier molecular flexibility index (Phi) is 5.22. The molecule has 1 saturated heterocycles. The zero-order chi connectivity index (χ0) is 15.6. The summed E-state index contributed by atoms with van der Waals surface area (Å²) in [6.45, 7) is 4.40. The zero-order valence-corrected chi connectivity index (χ0v) is 13.8. The molecule has 1 aliphatic rings. The largest absolute Gasteiger partial charge is 0.348 e. The maximum atomic E-state index is 11.8. The van der Waals surface area contributed by atoms with Crippen molar-refractivity contribution in [1.29, 1.82) is 0 Å². The van der Waals surface area contributed by atoms with E-state index in [0.29, 0.717) is 33.9 Å². The lowest BCUT2D eigenvalue weighted by atomic mass is 10.3. The summed E-state index contributed by atoms with van der Waals surface area (Å²) in [5.41, 5.74) is 0.382. The number of anilines is 1. The topological polar surface area (TPSA) is 59.6 Å². The molecule has 2 rings (SSSR count). The van der Waals surface area contributed by atoms with Crippen molar-refractivity contribution >= 4 is 46.5 Å². The third-order valence-corrected chi connectivity index (χ3v) is 3.85. The van der Waals surface area contributed by atoms with Gasteiger partial charge >= 0.3 is 6.03 Å². The fraction of sp³-hybridized carbons (Fsp3) is 0.462. The highest BCUT2D eigenvalue weighted by atomic mass is 35.5. The van der Waals surface area contributed by atoms with Gasteiger partial charge < -0.3 is 20.1 Å². The predicted molar refractivity (Wildman–Crippen MR) is 83.4 cm³/mol. The number of nitrogens with one attached hydrogen (secondary N) is 2. The van der Waals surface area contributed by atoms with Crippen LogP contribution in [0.2, 0.25) is 15.1 Å². The molecule has 1 atom stereocenters. The van der Waals surface area contributed by atoms with Gasteiger partial charge in [-0.3, -0.25) is 0 Å². The van der Waals surface area contributed by atoms with Crippen molar-refractivity contribution < 1.29 is 14.3 Å². The van der Waals surface area contributed by atoms with Gasteiger partial charge in [-0.2, -0.15) is 0 Å². The van der Waals surface area contributed by atoms with Crippen molar-refractivity contribution in [2.45, 2.75) is 25.7 Å². The number of carbonyl (C=O) groups is 1. The Labute approximate surface area is 137 Å². The van der Waals surface area contributed by atoms with Crippen LogP contribution in [0.4, 0.5) is 10.5 Å². The van der Waals surface area contributed by atoms with Gasteiger partial charge in [0.2, 0.25) is 0 Å². The molecule has 0 bridgehead atoms. The normalized spacial score (nSPS) is 20.3. The Morgan fingerprint density at radius 3 is 2.57 bits per heavy atom. The molecule has 1 aliphatic heterocycles. The average molecular weight is 354 g/mol. The van der Waals surface area contributed by atoms with Crippen LogP contribution >= 0.6 is 34.8 Å². The van der Waals surface area contributed by atoms with Crippen molar-refractivity contribution in [3.05, 3.63) is 27.2 Å². The van der Waals surface area contributed by atoms with Crippen LogP contribution < -0.4 is 10.6 Å². The number of urea groups is 1. The van der Waals surface area contributed by atoms with Crippen LogP contribution in [0, 0.1) is 0 Å². The Bertz CT molecular complexity index is 552. The number of ether oxygens (including phenoxy) is 2. The third kappa shape index (κ3) is 4.63. The highest BCUT2D eigenvalue weighted by Gasteiger charge is 2.32. The fourth-order valence-electron chi connectivity index (χ4n) is 1.86. The first kappa shape index (κ1) is 16.6. The molecule has 0 spiro atoms. The van der Waals surface area contributed by atoms with Crippen LogP contribution in [-0.2, 0) is 9.47 Å². The summed E-state index contributed by atoms with van der Waals surface area (Å²) in [6.07, 6.45) is -0.185. The van der Waals surface area contributed by atoms with E-state index in [4.69, 9.17) is 44.3 Å². The lowest BCUT2D eigenvalue weighted by Gasteiger charge is -2.17. The van der Waals surface area contributed by atoms with Gasteiger partial charge in [-0.25, -0.2) is 4.79 Å². The Hall–Kier alpha value is -0.720. The highest BCUT2D eigenvalue weighted by molar-refractivity contribution is 6.44. The molecule has 116 valence electrons.